The molecule has 30 heavy (non-hydrogen) atoms. The fourth-order valence-corrected chi connectivity index (χ4v) is 4.06. The van der Waals surface area contributed by atoms with Crippen molar-refractivity contribution in [2.24, 2.45) is 0 Å². The van der Waals surface area contributed by atoms with Gasteiger partial charge in [0, 0.05) is 36.7 Å². The summed E-state index contributed by atoms with van der Waals surface area (Å²) in [5.74, 6) is 0.912. The van der Waals surface area contributed by atoms with E-state index in [-0.39, 0.29) is 17.5 Å². The topological polar surface area (TPSA) is 81.2 Å². The van der Waals surface area contributed by atoms with E-state index in [1.54, 1.807) is 16.8 Å². The maximum Gasteiger partial charge on any atom is 0.267 e. The smallest absolute Gasteiger partial charge is 0.267 e. The average molecular weight is 406 g/mol. The molecule has 0 aliphatic carbocycles. The summed E-state index contributed by atoms with van der Waals surface area (Å²) in [5, 5.41) is 8.56. The van der Waals surface area contributed by atoms with E-state index in [1.807, 2.05) is 49.1 Å². The Hall–Kier alpha value is -3.22. The highest BCUT2D eigenvalue weighted by Gasteiger charge is 2.25. The third kappa shape index (κ3) is 4.20. The Morgan fingerprint density at radius 1 is 1.10 bits per heavy atom. The van der Waals surface area contributed by atoms with E-state index in [1.165, 1.54) is 0 Å². The van der Waals surface area contributed by atoms with Gasteiger partial charge in [0.05, 0.1) is 17.4 Å². The summed E-state index contributed by atoms with van der Waals surface area (Å²) < 4.78 is 6.77. The van der Waals surface area contributed by atoms with Crippen LogP contribution >= 0.6 is 0 Å². The van der Waals surface area contributed by atoms with E-state index in [2.05, 4.69) is 10.3 Å². The van der Waals surface area contributed by atoms with Gasteiger partial charge in [-0.05, 0) is 39.2 Å². The van der Waals surface area contributed by atoms with Crippen molar-refractivity contribution in [1.29, 1.82) is 0 Å². The first-order valence-electron chi connectivity index (χ1n) is 10.4. The van der Waals surface area contributed by atoms with Gasteiger partial charge < -0.3 is 9.42 Å². The molecule has 7 heteroatoms. The highest BCUT2D eigenvalue weighted by atomic mass is 16.5. The highest BCUT2D eigenvalue weighted by molar-refractivity contribution is 5.76. The van der Waals surface area contributed by atoms with Crippen molar-refractivity contribution >= 4 is 5.91 Å². The molecule has 4 rings (SSSR count). The van der Waals surface area contributed by atoms with Crippen LogP contribution in [0.15, 0.2) is 51.8 Å². The zero-order chi connectivity index (χ0) is 21.1. The molecule has 0 bridgehead atoms. The van der Waals surface area contributed by atoms with Gasteiger partial charge in [-0.3, -0.25) is 9.59 Å². The van der Waals surface area contributed by atoms with E-state index in [0.29, 0.717) is 25.9 Å². The number of hydrogen-bond acceptors (Lipinski definition) is 5. The minimum Gasteiger partial charge on any atom is -0.361 e. The van der Waals surface area contributed by atoms with Crippen LogP contribution in [0.25, 0.3) is 11.3 Å². The van der Waals surface area contributed by atoms with Crippen molar-refractivity contribution in [1.82, 2.24) is 19.8 Å². The third-order valence-corrected chi connectivity index (χ3v) is 5.83. The fourth-order valence-electron chi connectivity index (χ4n) is 4.06. The van der Waals surface area contributed by atoms with E-state index in [0.717, 1.165) is 41.1 Å². The Labute approximate surface area is 175 Å². The molecule has 156 valence electrons. The van der Waals surface area contributed by atoms with Crippen molar-refractivity contribution in [2.75, 3.05) is 13.1 Å². The summed E-state index contributed by atoms with van der Waals surface area (Å²) >= 11 is 0. The van der Waals surface area contributed by atoms with Crippen molar-refractivity contribution in [3.8, 4) is 11.3 Å². The lowest BCUT2D eigenvalue weighted by atomic mass is 10.0. The molecule has 0 atom stereocenters. The molecule has 1 aromatic carbocycles. The first kappa shape index (κ1) is 20.1. The molecule has 0 saturated carbocycles. The van der Waals surface area contributed by atoms with Crippen LogP contribution in [0.2, 0.25) is 0 Å². The molecule has 0 spiro atoms. The zero-order valence-electron chi connectivity index (χ0n) is 17.4. The summed E-state index contributed by atoms with van der Waals surface area (Å²) in [7, 11) is 0. The number of amides is 1. The minimum atomic E-state index is -0.0992. The van der Waals surface area contributed by atoms with Gasteiger partial charge in [-0.25, -0.2) is 4.68 Å². The molecule has 2 aromatic heterocycles. The van der Waals surface area contributed by atoms with Crippen LogP contribution in [0.4, 0.5) is 0 Å². The van der Waals surface area contributed by atoms with Crippen LogP contribution in [0.3, 0.4) is 0 Å². The van der Waals surface area contributed by atoms with Crippen molar-refractivity contribution in [3.05, 3.63) is 69.8 Å². The molecule has 0 unspecified atom stereocenters. The standard InChI is InChI=1S/C23H26N4O3/c1-16-20(17(2)30-25-16)8-10-22(28)26-14-12-19(13-15-26)27-23(29)11-9-21(24-27)18-6-4-3-5-7-18/h3-7,9,11,19H,8,10,12-15H2,1-2H3. The van der Waals surface area contributed by atoms with E-state index < -0.39 is 0 Å². The fraction of sp³-hybridized carbons (Fsp3) is 0.391. The number of likely N-dealkylation sites (tertiary alicyclic amines) is 1. The first-order chi connectivity index (χ1) is 14.5. The molecule has 3 aromatic rings. The van der Waals surface area contributed by atoms with Crippen LogP contribution in [0, 0.1) is 13.8 Å². The van der Waals surface area contributed by atoms with Gasteiger partial charge in [-0.1, -0.05) is 35.5 Å². The summed E-state index contributed by atoms with van der Waals surface area (Å²) in [5.41, 5.74) is 3.54. The molecule has 7 nitrogen and oxygen atoms in total. The zero-order valence-corrected chi connectivity index (χ0v) is 17.4. The number of aryl methyl sites for hydroxylation is 2. The van der Waals surface area contributed by atoms with Crippen molar-refractivity contribution < 1.29 is 9.32 Å². The number of piperidine rings is 1. The molecular weight excluding hydrogens is 380 g/mol. The van der Waals surface area contributed by atoms with Crippen LogP contribution in [0.5, 0.6) is 0 Å². The molecule has 0 N–H and O–H groups in total. The molecular formula is C23H26N4O3. The Morgan fingerprint density at radius 2 is 1.83 bits per heavy atom. The van der Waals surface area contributed by atoms with Gasteiger partial charge >= 0.3 is 0 Å². The third-order valence-electron chi connectivity index (χ3n) is 5.83. The molecule has 1 fully saturated rings. The second kappa shape index (κ2) is 8.65. The lowest BCUT2D eigenvalue weighted by molar-refractivity contribution is -0.132. The van der Waals surface area contributed by atoms with Gasteiger partial charge in [0.2, 0.25) is 5.91 Å². The van der Waals surface area contributed by atoms with Crippen LogP contribution in [-0.2, 0) is 11.2 Å². The van der Waals surface area contributed by atoms with Gasteiger partial charge in [-0.2, -0.15) is 5.10 Å². The predicted molar refractivity (Wildman–Crippen MR) is 113 cm³/mol. The molecule has 1 aliphatic rings. The highest BCUT2D eigenvalue weighted by Crippen LogP contribution is 2.23. The predicted octanol–water partition coefficient (Wildman–Crippen LogP) is 3.31. The SMILES string of the molecule is Cc1noc(C)c1CCC(=O)N1CCC(n2nc(-c3ccccc3)ccc2=O)CC1. The van der Waals surface area contributed by atoms with E-state index in [4.69, 9.17) is 4.52 Å². The van der Waals surface area contributed by atoms with Crippen molar-refractivity contribution in [2.45, 2.75) is 45.6 Å². The summed E-state index contributed by atoms with van der Waals surface area (Å²) in [6.07, 6.45) is 2.53. The normalized spacial score (nSPS) is 14.8. The van der Waals surface area contributed by atoms with Crippen molar-refractivity contribution in [3.63, 3.8) is 0 Å². The first-order valence-corrected chi connectivity index (χ1v) is 10.4. The Morgan fingerprint density at radius 3 is 2.50 bits per heavy atom. The van der Waals surface area contributed by atoms with Gasteiger partial charge in [0.1, 0.15) is 5.76 Å². The number of carbonyl (C=O) groups is 1. The molecule has 1 saturated heterocycles. The Kier molecular flexibility index (Phi) is 5.79. The van der Waals surface area contributed by atoms with E-state index >= 15 is 0 Å². The summed E-state index contributed by atoms with van der Waals surface area (Å²) in [6.45, 7) is 5.04. The second-order valence-corrected chi connectivity index (χ2v) is 7.78. The number of hydrogen-bond donors (Lipinski definition) is 0. The monoisotopic (exact) mass is 406 g/mol. The van der Waals surface area contributed by atoms with E-state index in [9.17, 15) is 9.59 Å². The lowest BCUT2D eigenvalue weighted by Crippen LogP contribution is -2.41. The maximum absolute atomic E-state index is 12.7. The Balaban J connectivity index is 1.39. The summed E-state index contributed by atoms with van der Waals surface area (Å²) in [4.78, 5) is 27.0. The van der Waals surface area contributed by atoms with Gasteiger partial charge in [-0.15, -0.1) is 0 Å². The Bertz CT molecular complexity index is 1060. The largest absolute Gasteiger partial charge is 0.361 e. The summed E-state index contributed by atoms with van der Waals surface area (Å²) in [6, 6.07) is 13.2. The van der Waals surface area contributed by atoms with Crippen LogP contribution in [0.1, 0.15) is 42.3 Å². The number of carbonyl (C=O) groups excluding carboxylic acids is 1. The average Bonchev–Trinajstić information content (AvgIpc) is 3.10. The van der Waals surface area contributed by atoms with Crippen LogP contribution in [-0.4, -0.2) is 38.8 Å². The molecule has 3 heterocycles. The number of rotatable bonds is 5. The van der Waals surface area contributed by atoms with Crippen LogP contribution < -0.4 is 5.56 Å². The van der Waals surface area contributed by atoms with Gasteiger partial charge in [0.15, 0.2) is 0 Å². The van der Waals surface area contributed by atoms with Gasteiger partial charge in [0.25, 0.3) is 5.56 Å². The minimum absolute atomic E-state index is 0.00720. The molecule has 0 radical (unpaired) electrons. The molecule has 1 aliphatic heterocycles. The second-order valence-electron chi connectivity index (χ2n) is 7.78. The number of nitrogens with zero attached hydrogens (tertiary/aromatic N) is 4. The quantitative estimate of drug-likeness (QED) is 0.649. The number of benzene rings is 1. The maximum atomic E-state index is 12.7. The molecule has 1 amide bonds. The lowest BCUT2D eigenvalue weighted by Gasteiger charge is -2.32. The number of aromatic nitrogens is 3.